The SMILES string of the molecule is O=C(NCc1ccccc1Oc1ccccc1)N(CCO)C1CC1. The highest BCUT2D eigenvalue weighted by atomic mass is 16.5. The summed E-state index contributed by atoms with van der Waals surface area (Å²) in [7, 11) is 0. The first-order valence-electron chi connectivity index (χ1n) is 8.24. The van der Waals surface area contributed by atoms with Crippen LogP contribution in [0.15, 0.2) is 54.6 Å². The molecule has 0 saturated heterocycles. The maximum Gasteiger partial charge on any atom is 0.317 e. The summed E-state index contributed by atoms with van der Waals surface area (Å²) in [6.07, 6.45) is 2.03. The minimum absolute atomic E-state index is 0.0162. The van der Waals surface area contributed by atoms with Crippen molar-refractivity contribution >= 4 is 6.03 Å². The summed E-state index contributed by atoms with van der Waals surface area (Å²) in [5.74, 6) is 1.49. The summed E-state index contributed by atoms with van der Waals surface area (Å²) in [6.45, 7) is 0.743. The summed E-state index contributed by atoms with van der Waals surface area (Å²) >= 11 is 0. The third-order valence-electron chi connectivity index (χ3n) is 3.96. The lowest BCUT2D eigenvalue weighted by Crippen LogP contribution is -2.42. The zero-order chi connectivity index (χ0) is 16.8. The number of carbonyl (C=O) groups is 1. The van der Waals surface area contributed by atoms with Crippen LogP contribution in [0.1, 0.15) is 18.4 Å². The van der Waals surface area contributed by atoms with E-state index in [1.54, 1.807) is 4.90 Å². The van der Waals surface area contributed by atoms with Gasteiger partial charge in [0, 0.05) is 24.7 Å². The molecule has 0 aromatic heterocycles. The van der Waals surface area contributed by atoms with Gasteiger partial charge in [0.05, 0.1) is 6.61 Å². The summed E-state index contributed by atoms with van der Waals surface area (Å²) in [5.41, 5.74) is 0.912. The number of aliphatic hydroxyl groups excluding tert-OH is 1. The molecule has 0 bridgehead atoms. The van der Waals surface area contributed by atoms with Gasteiger partial charge in [-0.05, 0) is 31.0 Å². The molecule has 5 heteroatoms. The maximum atomic E-state index is 12.3. The van der Waals surface area contributed by atoms with Crippen molar-refractivity contribution in [3.05, 3.63) is 60.2 Å². The quantitative estimate of drug-likeness (QED) is 0.822. The Balaban J connectivity index is 1.63. The number of hydrogen-bond donors (Lipinski definition) is 2. The standard InChI is InChI=1S/C19H22N2O3/c22-13-12-21(16-10-11-16)19(23)20-14-15-6-4-5-9-18(15)24-17-7-2-1-3-8-17/h1-9,16,22H,10-14H2,(H,20,23). The van der Waals surface area contributed by atoms with Gasteiger partial charge >= 0.3 is 6.03 Å². The summed E-state index contributed by atoms with van der Waals surface area (Å²) < 4.78 is 5.90. The zero-order valence-corrected chi connectivity index (χ0v) is 13.5. The van der Waals surface area contributed by atoms with Gasteiger partial charge in [0.15, 0.2) is 0 Å². The number of aliphatic hydroxyl groups is 1. The van der Waals surface area contributed by atoms with Gasteiger partial charge < -0.3 is 20.1 Å². The van der Waals surface area contributed by atoms with Crippen LogP contribution in [0.5, 0.6) is 11.5 Å². The molecule has 2 N–H and O–H groups in total. The fraction of sp³-hybridized carbons (Fsp3) is 0.316. The van der Waals surface area contributed by atoms with Crippen molar-refractivity contribution in [1.82, 2.24) is 10.2 Å². The molecule has 0 atom stereocenters. The Morgan fingerprint density at radius 1 is 1.12 bits per heavy atom. The molecule has 1 aliphatic rings. The van der Waals surface area contributed by atoms with Crippen molar-refractivity contribution in [1.29, 1.82) is 0 Å². The molecular weight excluding hydrogens is 304 g/mol. The lowest BCUT2D eigenvalue weighted by Gasteiger charge is -2.22. The number of nitrogens with zero attached hydrogens (tertiary/aromatic N) is 1. The van der Waals surface area contributed by atoms with Crippen molar-refractivity contribution in [2.45, 2.75) is 25.4 Å². The molecule has 0 spiro atoms. The summed E-state index contributed by atoms with van der Waals surface area (Å²) in [4.78, 5) is 14.0. The molecule has 24 heavy (non-hydrogen) atoms. The van der Waals surface area contributed by atoms with E-state index in [0.717, 1.165) is 29.9 Å². The normalized spacial score (nSPS) is 13.4. The summed E-state index contributed by atoms with van der Waals surface area (Å²) in [6, 6.07) is 17.4. The van der Waals surface area contributed by atoms with E-state index in [1.165, 1.54) is 0 Å². The molecule has 5 nitrogen and oxygen atoms in total. The van der Waals surface area contributed by atoms with E-state index in [1.807, 2.05) is 54.6 Å². The highest BCUT2D eigenvalue weighted by Gasteiger charge is 2.31. The Labute approximate surface area is 141 Å². The molecule has 1 fully saturated rings. The van der Waals surface area contributed by atoms with Gasteiger partial charge in [-0.3, -0.25) is 0 Å². The molecule has 0 aliphatic heterocycles. The van der Waals surface area contributed by atoms with Crippen LogP contribution >= 0.6 is 0 Å². The fourth-order valence-corrected chi connectivity index (χ4v) is 2.58. The monoisotopic (exact) mass is 326 g/mol. The van der Waals surface area contributed by atoms with Gasteiger partial charge in [0.1, 0.15) is 11.5 Å². The lowest BCUT2D eigenvalue weighted by molar-refractivity contribution is 0.173. The van der Waals surface area contributed by atoms with Gasteiger partial charge in [-0.15, -0.1) is 0 Å². The average Bonchev–Trinajstić information content (AvgIpc) is 3.44. The van der Waals surface area contributed by atoms with Crippen LogP contribution in [0.2, 0.25) is 0 Å². The van der Waals surface area contributed by atoms with E-state index in [0.29, 0.717) is 13.1 Å². The molecule has 3 rings (SSSR count). The van der Waals surface area contributed by atoms with E-state index in [4.69, 9.17) is 9.84 Å². The highest BCUT2D eigenvalue weighted by Crippen LogP contribution is 2.27. The van der Waals surface area contributed by atoms with Gasteiger partial charge in [-0.2, -0.15) is 0 Å². The number of amides is 2. The second-order valence-corrected chi connectivity index (χ2v) is 5.83. The van der Waals surface area contributed by atoms with E-state index in [-0.39, 0.29) is 18.7 Å². The van der Waals surface area contributed by atoms with Crippen LogP contribution in [-0.4, -0.2) is 35.2 Å². The van der Waals surface area contributed by atoms with Crippen LogP contribution < -0.4 is 10.1 Å². The first-order valence-corrected chi connectivity index (χ1v) is 8.24. The molecule has 1 saturated carbocycles. The Morgan fingerprint density at radius 3 is 2.54 bits per heavy atom. The molecule has 2 amide bonds. The molecule has 0 unspecified atom stereocenters. The third kappa shape index (κ3) is 4.26. The fourth-order valence-electron chi connectivity index (χ4n) is 2.58. The van der Waals surface area contributed by atoms with Crippen LogP contribution in [0.4, 0.5) is 4.79 Å². The predicted octanol–water partition coefficient (Wildman–Crippen LogP) is 3.15. The van der Waals surface area contributed by atoms with Gasteiger partial charge in [-0.25, -0.2) is 4.79 Å². The third-order valence-corrected chi connectivity index (χ3v) is 3.96. The van der Waals surface area contributed by atoms with Crippen LogP contribution in [-0.2, 0) is 6.54 Å². The lowest BCUT2D eigenvalue weighted by atomic mass is 10.2. The summed E-state index contributed by atoms with van der Waals surface area (Å²) in [5, 5.41) is 12.0. The van der Waals surface area contributed by atoms with Crippen LogP contribution in [0, 0.1) is 0 Å². The number of rotatable bonds is 7. The first kappa shape index (κ1) is 16.3. The molecule has 2 aromatic rings. The second-order valence-electron chi connectivity index (χ2n) is 5.83. The van der Waals surface area contributed by atoms with Gasteiger partial charge in [0.2, 0.25) is 0 Å². The molecule has 2 aromatic carbocycles. The van der Waals surface area contributed by atoms with Crippen molar-refractivity contribution < 1.29 is 14.6 Å². The van der Waals surface area contributed by atoms with E-state index >= 15 is 0 Å². The number of carbonyl (C=O) groups excluding carboxylic acids is 1. The number of hydrogen-bond acceptors (Lipinski definition) is 3. The molecular formula is C19H22N2O3. The average molecular weight is 326 g/mol. The Hall–Kier alpha value is -2.53. The highest BCUT2D eigenvalue weighted by molar-refractivity contribution is 5.75. The minimum atomic E-state index is -0.138. The molecule has 126 valence electrons. The number of benzene rings is 2. The van der Waals surface area contributed by atoms with E-state index in [2.05, 4.69) is 5.32 Å². The van der Waals surface area contributed by atoms with Gasteiger partial charge in [-0.1, -0.05) is 36.4 Å². The first-order chi connectivity index (χ1) is 11.8. The number of para-hydroxylation sites is 2. The second kappa shape index (κ2) is 7.84. The molecule has 0 radical (unpaired) electrons. The zero-order valence-electron chi connectivity index (χ0n) is 13.5. The van der Waals surface area contributed by atoms with Crippen molar-refractivity contribution in [3.8, 4) is 11.5 Å². The van der Waals surface area contributed by atoms with E-state index in [9.17, 15) is 4.79 Å². The van der Waals surface area contributed by atoms with Crippen LogP contribution in [0.3, 0.4) is 0 Å². The smallest absolute Gasteiger partial charge is 0.317 e. The van der Waals surface area contributed by atoms with Crippen molar-refractivity contribution in [2.75, 3.05) is 13.2 Å². The topological polar surface area (TPSA) is 61.8 Å². The van der Waals surface area contributed by atoms with Gasteiger partial charge in [0.25, 0.3) is 0 Å². The Bertz CT molecular complexity index is 671. The molecule has 0 heterocycles. The number of urea groups is 1. The Morgan fingerprint density at radius 2 is 1.83 bits per heavy atom. The number of ether oxygens (including phenoxy) is 1. The van der Waals surface area contributed by atoms with Crippen molar-refractivity contribution in [2.24, 2.45) is 0 Å². The molecule has 1 aliphatic carbocycles. The minimum Gasteiger partial charge on any atom is -0.457 e. The largest absolute Gasteiger partial charge is 0.457 e. The Kier molecular flexibility index (Phi) is 5.33. The maximum absolute atomic E-state index is 12.3. The predicted molar refractivity (Wildman–Crippen MR) is 92.0 cm³/mol. The van der Waals surface area contributed by atoms with Crippen molar-refractivity contribution in [3.63, 3.8) is 0 Å². The van der Waals surface area contributed by atoms with E-state index < -0.39 is 0 Å². The van der Waals surface area contributed by atoms with Crippen LogP contribution in [0.25, 0.3) is 0 Å². The number of nitrogens with one attached hydrogen (secondary N) is 1.